The van der Waals surface area contributed by atoms with Crippen LogP contribution in [0.15, 0.2) is 24.3 Å². The molecule has 118 valence electrons. The number of halogens is 1. The average Bonchev–Trinajstić information content (AvgIpc) is 2.98. The summed E-state index contributed by atoms with van der Waals surface area (Å²) in [4.78, 5) is 14.2. The van der Waals surface area contributed by atoms with E-state index in [9.17, 15) is 4.79 Å². The SMILES string of the molecule is CCN(Cc1ccc(OC)cc1)C(=O)CC1CCCN1.Cl. The second-order valence-corrected chi connectivity index (χ2v) is 5.25. The molecule has 1 heterocycles. The Kier molecular flexibility index (Phi) is 7.54. The summed E-state index contributed by atoms with van der Waals surface area (Å²) in [6, 6.07) is 8.27. The third-order valence-electron chi connectivity index (χ3n) is 3.85. The molecule has 1 aliphatic heterocycles. The first-order valence-electron chi connectivity index (χ1n) is 7.37. The fraction of sp³-hybridized carbons (Fsp3) is 0.562. The van der Waals surface area contributed by atoms with E-state index < -0.39 is 0 Å². The van der Waals surface area contributed by atoms with Crippen molar-refractivity contribution in [2.24, 2.45) is 0 Å². The molecule has 0 aromatic heterocycles. The lowest BCUT2D eigenvalue weighted by molar-refractivity contribution is -0.132. The van der Waals surface area contributed by atoms with E-state index in [1.807, 2.05) is 36.1 Å². The molecule has 1 N–H and O–H groups in total. The van der Waals surface area contributed by atoms with E-state index in [0.717, 1.165) is 30.8 Å². The van der Waals surface area contributed by atoms with Gasteiger partial charge in [-0.1, -0.05) is 12.1 Å². The number of ether oxygens (including phenoxy) is 1. The monoisotopic (exact) mass is 312 g/mol. The molecule has 1 aromatic carbocycles. The Bertz CT molecular complexity index is 430. The average molecular weight is 313 g/mol. The lowest BCUT2D eigenvalue weighted by Crippen LogP contribution is -2.35. The highest BCUT2D eigenvalue weighted by Crippen LogP contribution is 2.15. The summed E-state index contributed by atoms with van der Waals surface area (Å²) >= 11 is 0. The molecule has 1 saturated heterocycles. The Morgan fingerprint density at radius 1 is 1.38 bits per heavy atom. The topological polar surface area (TPSA) is 41.6 Å². The number of carbonyl (C=O) groups is 1. The summed E-state index contributed by atoms with van der Waals surface area (Å²) in [6.07, 6.45) is 2.92. The number of carbonyl (C=O) groups excluding carboxylic acids is 1. The molecule has 0 aliphatic carbocycles. The summed E-state index contributed by atoms with van der Waals surface area (Å²) in [5.41, 5.74) is 1.14. The van der Waals surface area contributed by atoms with Gasteiger partial charge in [0.25, 0.3) is 0 Å². The number of nitrogens with one attached hydrogen (secondary N) is 1. The number of nitrogens with zero attached hydrogens (tertiary/aromatic N) is 1. The largest absolute Gasteiger partial charge is 0.497 e. The number of methoxy groups -OCH3 is 1. The highest BCUT2D eigenvalue weighted by atomic mass is 35.5. The normalized spacial score (nSPS) is 17.1. The lowest BCUT2D eigenvalue weighted by Gasteiger charge is -2.23. The molecule has 1 aromatic rings. The van der Waals surface area contributed by atoms with Crippen LogP contribution in [0, 0.1) is 0 Å². The summed E-state index contributed by atoms with van der Waals surface area (Å²) in [5, 5.41) is 3.38. The number of hydrogen-bond donors (Lipinski definition) is 1. The molecule has 1 amide bonds. The molecule has 0 saturated carbocycles. The van der Waals surface area contributed by atoms with E-state index in [1.165, 1.54) is 6.42 Å². The summed E-state index contributed by atoms with van der Waals surface area (Å²) < 4.78 is 5.15. The predicted octanol–water partition coefficient (Wildman–Crippen LogP) is 2.61. The molecule has 1 atom stereocenters. The smallest absolute Gasteiger partial charge is 0.224 e. The van der Waals surface area contributed by atoms with Gasteiger partial charge in [0.1, 0.15) is 5.75 Å². The molecule has 1 aliphatic rings. The zero-order valence-electron chi connectivity index (χ0n) is 12.8. The van der Waals surface area contributed by atoms with E-state index in [-0.39, 0.29) is 18.3 Å². The molecular formula is C16H25ClN2O2. The van der Waals surface area contributed by atoms with Crippen molar-refractivity contribution >= 4 is 18.3 Å². The van der Waals surface area contributed by atoms with E-state index >= 15 is 0 Å². The van der Waals surface area contributed by atoms with Crippen LogP contribution in [0.1, 0.15) is 31.7 Å². The summed E-state index contributed by atoms with van der Waals surface area (Å²) in [6.45, 7) is 4.50. The first-order valence-corrected chi connectivity index (χ1v) is 7.37. The van der Waals surface area contributed by atoms with E-state index in [4.69, 9.17) is 4.74 Å². The van der Waals surface area contributed by atoms with Gasteiger partial charge in [0.05, 0.1) is 7.11 Å². The predicted molar refractivity (Wildman–Crippen MR) is 87.0 cm³/mol. The van der Waals surface area contributed by atoms with Crippen LogP contribution in [0.5, 0.6) is 5.75 Å². The molecule has 0 radical (unpaired) electrons. The van der Waals surface area contributed by atoms with Crippen LogP contribution in [0.4, 0.5) is 0 Å². The molecule has 1 fully saturated rings. The second kappa shape index (κ2) is 8.90. The first kappa shape index (κ1) is 17.8. The van der Waals surface area contributed by atoms with Crippen molar-refractivity contribution in [3.63, 3.8) is 0 Å². The number of rotatable bonds is 6. The summed E-state index contributed by atoms with van der Waals surface area (Å²) in [5.74, 6) is 1.08. The van der Waals surface area contributed by atoms with Crippen LogP contribution in [0.25, 0.3) is 0 Å². The molecule has 0 spiro atoms. The van der Waals surface area contributed by atoms with Gasteiger partial charge < -0.3 is 15.0 Å². The van der Waals surface area contributed by atoms with Crippen molar-refractivity contribution in [2.45, 2.75) is 38.8 Å². The number of hydrogen-bond acceptors (Lipinski definition) is 3. The van der Waals surface area contributed by atoms with Crippen molar-refractivity contribution in [3.05, 3.63) is 29.8 Å². The molecule has 4 nitrogen and oxygen atoms in total. The van der Waals surface area contributed by atoms with Crippen LogP contribution in [0.2, 0.25) is 0 Å². The standard InChI is InChI=1S/C16H24N2O2.ClH/c1-3-18(16(19)11-14-5-4-10-17-14)12-13-6-8-15(20-2)9-7-13;/h6-9,14,17H,3-5,10-12H2,1-2H3;1H. The van der Waals surface area contributed by atoms with Crippen molar-refractivity contribution in [3.8, 4) is 5.75 Å². The van der Waals surface area contributed by atoms with Gasteiger partial charge in [0.15, 0.2) is 0 Å². The Balaban J connectivity index is 0.00000220. The fourth-order valence-electron chi connectivity index (χ4n) is 2.60. The van der Waals surface area contributed by atoms with Crippen molar-refractivity contribution in [1.29, 1.82) is 0 Å². The molecule has 0 bridgehead atoms. The van der Waals surface area contributed by atoms with Gasteiger partial charge in [-0.3, -0.25) is 4.79 Å². The second-order valence-electron chi connectivity index (χ2n) is 5.25. The minimum absolute atomic E-state index is 0. The van der Waals surface area contributed by atoms with Crippen LogP contribution in [0.3, 0.4) is 0 Å². The lowest BCUT2D eigenvalue weighted by atomic mass is 10.1. The van der Waals surface area contributed by atoms with E-state index in [0.29, 0.717) is 19.0 Å². The van der Waals surface area contributed by atoms with Gasteiger partial charge in [-0.25, -0.2) is 0 Å². The zero-order chi connectivity index (χ0) is 14.4. The van der Waals surface area contributed by atoms with Crippen molar-refractivity contribution in [1.82, 2.24) is 10.2 Å². The quantitative estimate of drug-likeness (QED) is 0.878. The van der Waals surface area contributed by atoms with Crippen molar-refractivity contribution in [2.75, 3.05) is 20.2 Å². The minimum atomic E-state index is 0. The maximum atomic E-state index is 12.3. The zero-order valence-corrected chi connectivity index (χ0v) is 13.6. The molecule has 21 heavy (non-hydrogen) atoms. The maximum absolute atomic E-state index is 12.3. The number of amides is 1. The van der Waals surface area contributed by atoms with Crippen LogP contribution in [-0.2, 0) is 11.3 Å². The Hall–Kier alpha value is -1.26. The van der Waals surface area contributed by atoms with Crippen molar-refractivity contribution < 1.29 is 9.53 Å². The minimum Gasteiger partial charge on any atom is -0.497 e. The third-order valence-corrected chi connectivity index (χ3v) is 3.85. The van der Waals surface area contributed by atoms with Gasteiger partial charge in [0, 0.05) is 25.6 Å². The molecule has 1 unspecified atom stereocenters. The fourth-order valence-corrected chi connectivity index (χ4v) is 2.60. The first-order chi connectivity index (χ1) is 9.72. The Morgan fingerprint density at radius 3 is 2.62 bits per heavy atom. The molecule has 5 heteroatoms. The Labute approximate surface area is 133 Å². The third kappa shape index (κ3) is 5.21. The van der Waals surface area contributed by atoms with Crippen LogP contribution < -0.4 is 10.1 Å². The van der Waals surface area contributed by atoms with E-state index in [2.05, 4.69) is 5.32 Å². The van der Waals surface area contributed by atoms with Crippen LogP contribution >= 0.6 is 12.4 Å². The van der Waals surface area contributed by atoms with Gasteiger partial charge in [0.2, 0.25) is 5.91 Å². The van der Waals surface area contributed by atoms with Gasteiger partial charge in [-0.2, -0.15) is 0 Å². The molecule has 2 rings (SSSR count). The highest BCUT2D eigenvalue weighted by Gasteiger charge is 2.20. The maximum Gasteiger partial charge on any atom is 0.224 e. The Morgan fingerprint density at radius 2 is 2.10 bits per heavy atom. The van der Waals surface area contributed by atoms with Crippen LogP contribution in [-0.4, -0.2) is 37.0 Å². The summed E-state index contributed by atoms with van der Waals surface area (Å²) in [7, 11) is 1.66. The van der Waals surface area contributed by atoms with Gasteiger partial charge in [-0.15, -0.1) is 12.4 Å². The van der Waals surface area contributed by atoms with Gasteiger partial charge in [-0.05, 0) is 44.0 Å². The number of benzene rings is 1. The van der Waals surface area contributed by atoms with E-state index in [1.54, 1.807) is 7.11 Å². The highest BCUT2D eigenvalue weighted by molar-refractivity contribution is 5.85. The molecular weight excluding hydrogens is 288 g/mol. The van der Waals surface area contributed by atoms with Gasteiger partial charge >= 0.3 is 0 Å².